The van der Waals surface area contributed by atoms with Crippen LogP contribution in [0.5, 0.6) is 0 Å². The molecule has 1 unspecified atom stereocenters. The van der Waals surface area contributed by atoms with E-state index in [2.05, 4.69) is 63.8 Å². The Morgan fingerprint density at radius 2 is 1.30 bits per heavy atom. The van der Waals surface area contributed by atoms with Gasteiger partial charge in [-0.05, 0) is 77.8 Å². The second-order valence-electron chi connectivity index (χ2n) is 9.80. The lowest BCUT2D eigenvalue weighted by Crippen LogP contribution is -2.25. The van der Waals surface area contributed by atoms with E-state index in [0.717, 1.165) is 77.4 Å². The zero-order valence-corrected chi connectivity index (χ0v) is 25.9. The van der Waals surface area contributed by atoms with Crippen molar-refractivity contribution in [2.45, 2.75) is 105 Å². The molecule has 40 heavy (non-hydrogen) atoms. The lowest BCUT2D eigenvalue weighted by molar-refractivity contribution is -0.160. The minimum atomic E-state index is -0.723. The highest BCUT2D eigenvalue weighted by Gasteiger charge is 2.15. The first-order chi connectivity index (χ1) is 19.5. The summed E-state index contributed by atoms with van der Waals surface area (Å²) in [5, 5.41) is 0. The predicted octanol–water partition coefficient (Wildman–Crippen LogP) is 7.28. The van der Waals surface area contributed by atoms with Crippen LogP contribution in [0.1, 0.15) is 98.3 Å². The first-order valence-electron chi connectivity index (χ1n) is 15.5. The number of allylic oxidation sites excluding steroid dienone is 4. The minimum Gasteiger partial charge on any atom is -0.465 e. The molecule has 0 aliphatic carbocycles. The van der Waals surface area contributed by atoms with Crippen LogP contribution in [0.25, 0.3) is 0 Å². The quantitative estimate of drug-likeness (QED) is 0.0442. The van der Waals surface area contributed by atoms with E-state index in [9.17, 15) is 9.59 Å². The molecule has 0 fully saturated rings. The largest absolute Gasteiger partial charge is 0.508 e. The van der Waals surface area contributed by atoms with Crippen molar-refractivity contribution < 1.29 is 33.3 Å². The number of esters is 1. The molecule has 0 spiro atoms. The third-order valence-electron chi connectivity index (χ3n) is 6.18. The Morgan fingerprint density at radius 1 is 0.725 bits per heavy atom. The highest BCUT2D eigenvalue weighted by atomic mass is 16.7. The van der Waals surface area contributed by atoms with Gasteiger partial charge in [-0.15, -0.1) is 0 Å². The van der Waals surface area contributed by atoms with Crippen molar-refractivity contribution in [1.29, 1.82) is 0 Å². The summed E-state index contributed by atoms with van der Waals surface area (Å²) in [5.41, 5.74) is 0. The van der Waals surface area contributed by atoms with Crippen molar-refractivity contribution in [1.82, 2.24) is 4.90 Å². The molecular weight excluding hydrogens is 510 g/mol. The van der Waals surface area contributed by atoms with Crippen LogP contribution >= 0.6 is 0 Å². The van der Waals surface area contributed by atoms with Crippen molar-refractivity contribution in [2.24, 2.45) is 5.92 Å². The smallest absolute Gasteiger partial charge is 0.465 e. The molecule has 1 atom stereocenters. The number of nitrogens with zero attached hydrogens (tertiary/aromatic N) is 1. The van der Waals surface area contributed by atoms with E-state index in [1.165, 1.54) is 0 Å². The van der Waals surface area contributed by atoms with E-state index < -0.39 is 12.4 Å². The summed E-state index contributed by atoms with van der Waals surface area (Å²) in [7, 11) is 0. The fraction of sp³-hybridized carbons (Fsp3) is 0.781. The van der Waals surface area contributed by atoms with Crippen LogP contribution in [0.2, 0.25) is 0 Å². The molecule has 0 aromatic carbocycles. The van der Waals surface area contributed by atoms with Gasteiger partial charge in [0, 0.05) is 32.1 Å². The zero-order chi connectivity index (χ0) is 29.7. The molecule has 0 heterocycles. The molecule has 0 amide bonds. The second kappa shape index (κ2) is 28.6. The Balaban J connectivity index is 4.22. The average Bonchev–Trinajstić information content (AvgIpc) is 2.96. The van der Waals surface area contributed by atoms with Crippen LogP contribution in [-0.2, 0) is 28.5 Å². The minimum absolute atomic E-state index is 0.0257. The van der Waals surface area contributed by atoms with Gasteiger partial charge in [-0.2, -0.15) is 0 Å². The summed E-state index contributed by atoms with van der Waals surface area (Å²) < 4.78 is 27.4. The molecule has 0 aliphatic rings. The standard InChI is InChI=1S/C32H58NO7/c1-6-10-12-14-16-18-24-36-31(37-25-19-17-15-13-11-7-2)22-21-30(34)39-27-29(5)28-40-32(35)38-26-20-23-33(8-3)9-4/h10-13,29,31H,5-9,14-28H2,1-4H3/b12-10-,13-11-. The van der Waals surface area contributed by atoms with Gasteiger partial charge in [0.2, 0.25) is 0 Å². The number of carbonyl (C=O) groups excluding carboxylic acids is 2. The molecule has 0 rings (SSSR count). The molecule has 0 saturated heterocycles. The SMILES string of the molecule is [CH2]C(COC(=O)CCC(OCCCC/C=C\CC)OCCCC/C=C\CC)COC(=O)OCCCN(CC)CC. The van der Waals surface area contributed by atoms with Crippen molar-refractivity contribution >= 4 is 12.1 Å². The Labute approximate surface area is 244 Å². The van der Waals surface area contributed by atoms with E-state index >= 15 is 0 Å². The summed E-state index contributed by atoms with van der Waals surface area (Å²) in [5.74, 6) is -0.724. The second-order valence-corrected chi connectivity index (χ2v) is 9.80. The van der Waals surface area contributed by atoms with Crippen LogP contribution in [0.15, 0.2) is 24.3 Å². The number of hydrogen-bond donors (Lipinski definition) is 0. The molecule has 233 valence electrons. The summed E-state index contributed by atoms with van der Waals surface area (Å²) in [6.45, 7) is 16.8. The summed E-state index contributed by atoms with van der Waals surface area (Å²) in [6.07, 6.45) is 17.2. The highest BCUT2D eigenvalue weighted by molar-refractivity contribution is 5.69. The number of rotatable bonds is 27. The lowest BCUT2D eigenvalue weighted by atomic mass is 10.2. The highest BCUT2D eigenvalue weighted by Crippen LogP contribution is 2.11. The van der Waals surface area contributed by atoms with Crippen LogP contribution in [-0.4, -0.2) is 76.0 Å². The van der Waals surface area contributed by atoms with E-state index in [1.807, 2.05) is 0 Å². The van der Waals surface area contributed by atoms with Gasteiger partial charge in [0.05, 0.1) is 19.6 Å². The molecular formula is C32H58NO7. The van der Waals surface area contributed by atoms with Gasteiger partial charge >= 0.3 is 12.1 Å². The molecule has 0 aliphatic heterocycles. The molecule has 0 aromatic rings. The van der Waals surface area contributed by atoms with Gasteiger partial charge in [0.25, 0.3) is 0 Å². The van der Waals surface area contributed by atoms with Gasteiger partial charge < -0.3 is 28.6 Å². The molecule has 0 bridgehead atoms. The third kappa shape index (κ3) is 25.1. The van der Waals surface area contributed by atoms with Gasteiger partial charge in [-0.25, -0.2) is 4.79 Å². The molecule has 0 N–H and O–H groups in total. The molecule has 1 radical (unpaired) electrons. The molecule has 0 aromatic heterocycles. The van der Waals surface area contributed by atoms with E-state index in [0.29, 0.717) is 26.2 Å². The molecule has 0 saturated carbocycles. The Bertz CT molecular complexity index is 625. The molecule has 8 heteroatoms. The normalized spacial score (nSPS) is 12.6. The van der Waals surface area contributed by atoms with Gasteiger partial charge in [0.15, 0.2) is 6.29 Å². The van der Waals surface area contributed by atoms with Crippen molar-refractivity contribution in [3.63, 3.8) is 0 Å². The molecule has 8 nitrogen and oxygen atoms in total. The first kappa shape index (κ1) is 38.1. The van der Waals surface area contributed by atoms with Gasteiger partial charge in [0.1, 0.15) is 6.61 Å². The van der Waals surface area contributed by atoms with Gasteiger partial charge in [-0.3, -0.25) is 4.79 Å². The van der Waals surface area contributed by atoms with Crippen LogP contribution in [0.4, 0.5) is 4.79 Å². The summed E-state index contributed by atoms with van der Waals surface area (Å²) >= 11 is 0. The predicted molar refractivity (Wildman–Crippen MR) is 161 cm³/mol. The number of hydrogen-bond acceptors (Lipinski definition) is 8. The maximum absolute atomic E-state index is 12.3. The van der Waals surface area contributed by atoms with Crippen LogP contribution < -0.4 is 0 Å². The Kier molecular flexibility index (Phi) is 27.3. The van der Waals surface area contributed by atoms with Crippen molar-refractivity contribution in [3.05, 3.63) is 31.2 Å². The van der Waals surface area contributed by atoms with E-state index in [1.54, 1.807) is 0 Å². The average molecular weight is 569 g/mol. The van der Waals surface area contributed by atoms with Crippen molar-refractivity contribution in [2.75, 3.05) is 52.7 Å². The van der Waals surface area contributed by atoms with Crippen LogP contribution in [0.3, 0.4) is 0 Å². The van der Waals surface area contributed by atoms with Crippen molar-refractivity contribution in [3.8, 4) is 0 Å². The lowest BCUT2D eigenvalue weighted by Gasteiger charge is -2.19. The first-order valence-corrected chi connectivity index (χ1v) is 15.5. The monoisotopic (exact) mass is 568 g/mol. The third-order valence-corrected chi connectivity index (χ3v) is 6.18. The van der Waals surface area contributed by atoms with E-state index in [-0.39, 0.29) is 31.5 Å². The zero-order valence-electron chi connectivity index (χ0n) is 25.9. The summed E-state index contributed by atoms with van der Waals surface area (Å²) in [6, 6.07) is 0. The van der Waals surface area contributed by atoms with E-state index in [4.69, 9.17) is 23.7 Å². The topological polar surface area (TPSA) is 83.5 Å². The Morgan fingerprint density at radius 3 is 1.85 bits per heavy atom. The van der Waals surface area contributed by atoms with Gasteiger partial charge in [-0.1, -0.05) is 52.0 Å². The maximum Gasteiger partial charge on any atom is 0.508 e. The number of ether oxygens (including phenoxy) is 5. The Hall–Kier alpha value is -1.90. The number of carbonyl (C=O) groups is 2. The van der Waals surface area contributed by atoms with Crippen LogP contribution in [0, 0.1) is 12.8 Å². The number of unbranched alkanes of at least 4 members (excludes halogenated alkanes) is 4. The fourth-order valence-corrected chi connectivity index (χ4v) is 3.72. The summed E-state index contributed by atoms with van der Waals surface area (Å²) in [4.78, 5) is 26.3. The fourth-order valence-electron chi connectivity index (χ4n) is 3.72. The maximum atomic E-state index is 12.3.